The molecule has 0 spiro atoms. The van der Waals surface area contributed by atoms with Crippen molar-refractivity contribution < 1.29 is 9.53 Å². The van der Waals surface area contributed by atoms with Crippen molar-refractivity contribution >= 4 is 35.2 Å². The molecule has 0 heterocycles. The smallest absolute Gasteiger partial charge is 0.244 e. The maximum atomic E-state index is 11.9. The predicted molar refractivity (Wildman–Crippen MR) is 90.3 cm³/mol. The molecule has 2 aromatic carbocycles. The van der Waals surface area contributed by atoms with Crippen LogP contribution in [0, 0.1) is 0 Å². The minimum atomic E-state index is -0.211. The van der Waals surface area contributed by atoms with Crippen LogP contribution in [0.3, 0.4) is 0 Å². The quantitative estimate of drug-likeness (QED) is 0.826. The van der Waals surface area contributed by atoms with Gasteiger partial charge in [-0.3, -0.25) is 4.79 Å². The summed E-state index contributed by atoms with van der Waals surface area (Å²) in [6.45, 7) is 0.338. The molecule has 2 aromatic rings. The molecule has 1 amide bonds. The average molecular weight is 336 g/mol. The minimum absolute atomic E-state index is 0.211. The van der Waals surface area contributed by atoms with E-state index in [9.17, 15) is 4.79 Å². The summed E-state index contributed by atoms with van der Waals surface area (Å²) in [7, 11) is 1.59. The number of methoxy groups -OCH3 is 1. The maximum absolute atomic E-state index is 11.9. The van der Waals surface area contributed by atoms with E-state index in [-0.39, 0.29) is 5.91 Å². The van der Waals surface area contributed by atoms with Gasteiger partial charge in [0.25, 0.3) is 0 Å². The monoisotopic (exact) mass is 335 g/mol. The van der Waals surface area contributed by atoms with Crippen LogP contribution in [0.1, 0.15) is 11.1 Å². The highest BCUT2D eigenvalue weighted by Crippen LogP contribution is 2.21. The molecule has 1 N–H and O–H groups in total. The lowest BCUT2D eigenvalue weighted by Gasteiger charge is -2.06. The van der Waals surface area contributed by atoms with Gasteiger partial charge in [-0.15, -0.1) is 0 Å². The first-order valence-electron chi connectivity index (χ1n) is 6.63. The fraction of sp³-hybridized carbons (Fsp3) is 0.118. The Labute approximate surface area is 139 Å². The molecule has 0 fully saturated rings. The van der Waals surface area contributed by atoms with Crippen LogP contribution < -0.4 is 10.1 Å². The lowest BCUT2D eigenvalue weighted by molar-refractivity contribution is -0.116. The Balaban J connectivity index is 1.97. The first kappa shape index (κ1) is 16.4. The zero-order valence-corrected chi connectivity index (χ0v) is 13.5. The first-order chi connectivity index (χ1) is 10.6. The third kappa shape index (κ3) is 4.52. The van der Waals surface area contributed by atoms with Gasteiger partial charge in [0.2, 0.25) is 5.91 Å². The molecule has 0 saturated carbocycles. The minimum Gasteiger partial charge on any atom is -0.496 e. The van der Waals surface area contributed by atoms with Gasteiger partial charge < -0.3 is 10.1 Å². The second-order valence-corrected chi connectivity index (χ2v) is 5.37. The normalized spacial score (nSPS) is 10.7. The zero-order chi connectivity index (χ0) is 15.9. The molecule has 0 atom stereocenters. The topological polar surface area (TPSA) is 38.3 Å². The average Bonchev–Trinajstić information content (AvgIpc) is 2.52. The van der Waals surface area contributed by atoms with Crippen molar-refractivity contribution in [2.45, 2.75) is 6.54 Å². The van der Waals surface area contributed by atoms with Crippen molar-refractivity contribution in [3.63, 3.8) is 0 Å². The van der Waals surface area contributed by atoms with Crippen molar-refractivity contribution in [2.24, 2.45) is 0 Å². The first-order valence-corrected chi connectivity index (χ1v) is 7.38. The van der Waals surface area contributed by atoms with E-state index >= 15 is 0 Å². The number of carbonyl (C=O) groups is 1. The number of halogens is 2. The molecule has 2 rings (SSSR count). The molecule has 0 radical (unpaired) electrons. The van der Waals surface area contributed by atoms with E-state index in [1.807, 2.05) is 24.3 Å². The van der Waals surface area contributed by atoms with Crippen LogP contribution in [-0.2, 0) is 11.3 Å². The van der Waals surface area contributed by atoms with E-state index in [1.54, 1.807) is 31.4 Å². The lowest BCUT2D eigenvalue weighted by atomic mass is 10.2. The summed E-state index contributed by atoms with van der Waals surface area (Å²) in [5, 5.41) is 3.87. The predicted octanol–water partition coefficient (Wildman–Crippen LogP) is 4.33. The van der Waals surface area contributed by atoms with Gasteiger partial charge in [-0.1, -0.05) is 47.5 Å². The number of hydrogen-bond donors (Lipinski definition) is 1. The molecule has 0 saturated heterocycles. The largest absolute Gasteiger partial charge is 0.496 e. The van der Waals surface area contributed by atoms with Gasteiger partial charge >= 0.3 is 0 Å². The van der Waals surface area contributed by atoms with Crippen molar-refractivity contribution in [3.8, 4) is 5.75 Å². The second kappa shape index (κ2) is 7.87. The Morgan fingerprint density at radius 2 is 2.00 bits per heavy atom. The van der Waals surface area contributed by atoms with Gasteiger partial charge in [0.15, 0.2) is 0 Å². The Morgan fingerprint density at radius 3 is 2.73 bits per heavy atom. The van der Waals surface area contributed by atoms with E-state index in [1.165, 1.54) is 6.08 Å². The van der Waals surface area contributed by atoms with Crippen LogP contribution >= 0.6 is 23.2 Å². The fourth-order valence-corrected chi connectivity index (χ4v) is 2.35. The molecule has 114 valence electrons. The van der Waals surface area contributed by atoms with Crippen molar-refractivity contribution in [3.05, 3.63) is 69.7 Å². The van der Waals surface area contributed by atoms with Crippen LogP contribution in [0.4, 0.5) is 0 Å². The Bertz CT molecular complexity index is 699. The third-order valence-corrected chi connectivity index (χ3v) is 3.61. The summed E-state index contributed by atoms with van der Waals surface area (Å²) in [6, 6.07) is 12.6. The number of para-hydroxylation sites is 1. The van der Waals surface area contributed by atoms with Gasteiger partial charge in [0.05, 0.1) is 7.11 Å². The highest BCUT2D eigenvalue weighted by atomic mass is 35.5. The summed E-state index contributed by atoms with van der Waals surface area (Å²) in [4.78, 5) is 11.9. The van der Waals surface area contributed by atoms with E-state index in [4.69, 9.17) is 27.9 Å². The summed E-state index contributed by atoms with van der Waals surface area (Å²) >= 11 is 11.9. The van der Waals surface area contributed by atoms with Gasteiger partial charge in [-0.05, 0) is 29.8 Å². The van der Waals surface area contributed by atoms with Crippen molar-refractivity contribution in [2.75, 3.05) is 7.11 Å². The summed E-state index contributed by atoms with van der Waals surface area (Å²) in [6.07, 6.45) is 3.17. The molecule has 0 bridgehead atoms. The molecule has 3 nitrogen and oxygen atoms in total. The number of benzene rings is 2. The number of ether oxygens (including phenoxy) is 1. The van der Waals surface area contributed by atoms with E-state index in [0.29, 0.717) is 22.3 Å². The highest BCUT2D eigenvalue weighted by Gasteiger charge is 2.03. The van der Waals surface area contributed by atoms with Gasteiger partial charge in [-0.25, -0.2) is 0 Å². The molecule has 0 aliphatic heterocycles. The van der Waals surface area contributed by atoms with Crippen LogP contribution in [0.15, 0.2) is 48.5 Å². The molecule has 0 aliphatic rings. The molecule has 5 heteroatoms. The Morgan fingerprint density at radius 1 is 1.23 bits per heavy atom. The Hall–Kier alpha value is -1.97. The number of rotatable bonds is 5. The number of carbonyl (C=O) groups excluding carboxylic acids is 1. The number of hydrogen-bond acceptors (Lipinski definition) is 2. The van der Waals surface area contributed by atoms with Gasteiger partial charge in [0.1, 0.15) is 5.75 Å². The zero-order valence-electron chi connectivity index (χ0n) is 12.0. The molecular weight excluding hydrogens is 321 g/mol. The summed E-state index contributed by atoms with van der Waals surface area (Å²) in [5.41, 5.74) is 1.65. The molecular formula is C17H15Cl2NO2. The second-order valence-electron chi connectivity index (χ2n) is 4.53. The Kier molecular flexibility index (Phi) is 5.87. The third-order valence-electron chi connectivity index (χ3n) is 3.02. The maximum Gasteiger partial charge on any atom is 0.244 e. The lowest BCUT2D eigenvalue weighted by Crippen LogP contribution is -2.20. The molecule has 22 heavy (non-hydrogen) atoms. The standard InChI is InChI=1S/C17H15Cl2NO2/c1-22-16-5-3-2-4-12(16)7-9-17(21)20-11-13-6-8-14(18)10-15(13)19/h2-10H,11H2,1H3,(H,20,21). The van der Waals surface area contributed by atoms with Gasteiger partial charge in [-0.2, -0.15) is 0 Å². The number of amides is 1. The van der Waals surface area contributed by atoms with Crippen LogP contribution in [0.25, 0.3) is 6.08 Å². The summed E-state index contributed by atoms with van der Waals surface area (Å²) in [5.74, 6) is 0.504. The van der Waals surface area contributed by atoms with Crippen LogP contribution in [0.2, 0.25) is 10.0 Å². The highest BCUT2D eigenvalue weighted by molar-refractivity contribution is 6.35. The fourth-order valence-electron chi connectivity index (χ4n) is 1.88. The van der Waals surface area contributed by atoms with Crippen molar-refractivity contribution in [1.82, 2.24) is 5.32 Å². The van der Waals surface area contributed by atoms with E-state index < -0.39 is 0 Å². The van der Waals surface area contributed by atoms with Gasteiger partial charge in [0, 0.05) is 28.2 Å². The summed E-state index contributed by atoms with van der Waals surface area (Å²) < 4.78 is 5.22. The van der Waals surface area contributed by atoms with Crippen molar-refractivity contribution in [1.29, 1.82) is 0 Å². The molecule has 0 aliphatic carbocycles. The molecule has 0 unspecified atom stereocenters. The van der Waals surface area contributed by atoms with E-state index in [2.05, 4.69) is 5.32 Å². The SMILES string of the molecule is COc1ccccc1C=CC(=O)NCc1ccc(Cl)cc1Cl. The molecule has 0 aromatic heterocycles. The van der Waals surface area contributed by atoms with Crippen LogP contribution in [0.5, 0.6) is 5.75 Å². The number of nitrogens with one attached hydrogen (secondary N) is 1. The van der Waals surface area contributed by atoms with Crippen LogP contribution in [-0.4, -0.2) is 13.0 Å². The van der Waals surface area contributed by atoms with E-state index in [0.717, 1.165) is 11.1 Å².